The first-order chi connectivity index (χ1) is 21.7. The van der Waals surface area contributed by atoms with Crippen molar-refractivity contribution in [2.75, 3.05) is 13.1 Å². The van der Waals surface area contributed by atoms with Gasteiger partial charge in [-0.05, 0) is 107 Å². The van der Waals surface area contributed by atoms with Crippen molar-refractivity contribution in [2.24, 2.45) is 22.7 Å². The van der Waals surface area contributed by atoms with Crippen LogP contribution in [0.2, 0.25) is 0 Å². The van der Waals surface area contributed by atoms with Crippen LogP contribution in [0.1, 0.15) is 154 Å². The Kier molecular flexibility index (Phi) is 12.0. The molecule has 48 heavy (non-hydrogen) atoms. The van der Waals surface area contributed by atoms with Gasteiger partial charge in [-0.15, -0.1) is 0 Å². The largest absolute Gasteiger partial charge is 0.507 e. The molecule has 2 aromatic carbocycles. The highest BCUT2D eigenvalue weighted by molar-refractivity contribution is 5.53. The van der Waals surface area contributed by atoms with Crippen LogP contribution in [-0.2, 0) is 23.9 Å². The topological polar surface area (TPSA) is 46.9 Å². The van der Waals surface area contributed by atoms with Crippen LogP contribution < -0.4 is 0 Å². The summed E-state index contributed by atoms with van der Waals surface area (Å²) < 4.78 is 0. The van der Waals surface area contributed by atoms with Crippen molar-refractivity contribution >= 4 is 0 Å². The highest BCUT2D eigenvalue weighted by Gasteiger charge is 2.41. The first-order valence-corrected chi connectivity index (χ1v) is 18.8. The molecule has 0 radical (unpaired) electrons. The van der Waals surface area contributed by atoms with Gasteiger partial charge in [0, 0.05) is 49.4 Å². The van der Waals surface area contributed by atoms with Gasteiger partial charge in [0.1, 0.15) is 11.5 Å². The summed E-state index contributed by atoms with van der Waals surface area (Å²) in [6, 6.07) is 5.29. The third kappa shape index (κ3) is 9.00. The van der Waals surface area contributed by atoms with Crippen molar-refractivity contribution in [2.45, 2.75) is 173 Å². The summed E-state index contributed by atoms with van der Waals surface area (Å²) in [6.07, 6.45) is 2.01. The lowest BCUT2D eigenvalue weighted by atomic mass is 9.71. The van der Waals surface area contributed by atoms with Crippen molar-refractivity contribution in [3.05, 3.63) is 56.6 Å². The van der Waals surface area contributed by atoms with Gasteiger partial charge in [-0.1, -0.05) is 109 Å². The van der Waals surface area contributed by atoms with E-state index in [9.17, 15) is 10.2 Å². The molecule has 2 unspecified atom stereocenters. The number of rotatable bonds is 10. The summed E-state index contributed by atoms with van der Waals surface area (Å²) >= 11 is 0. The highest BCUT2D eigenvalue weighted by atomic mass is 16.3. The molecular weight excluding hydrogens is 588 g/mol. The number of aryl methyl sites for hydroxylation is 2. The molecule has 4 heteroatoms. The fraction of sp³-hybridized carbons (Fsp3) is 0.727. The van der Waals surface area contributed by atoms with Gasteiger partial charge in [-0.25, -0.2) is 0 Å². The first kappa shape index (κ1) is 40.4. The summed E-state index contributed by atoms with van der Waals surface area (Å²) in [4.78, 5) is 5.41. The minimum Gasteiger partial charge on any atom is -0.507 e. The van der Waals surface area contributed by atoms with Crippen molar-refractivity contribution in [1.29, 1.82) is 0 Å². The fourth-order valence-electron chi connectivity index (χ4n) is 9.78. The minimum atomic E-state index is -0.115. The lowest BCUT2D eigenvalue weighted by Crippen LogP contribution is -2.62. The molecule has 2 atom stereocenters. The molecule has 0 bridgehead atoms. The van der Waals surface area contributed by atoms with E-state index in [1.807, 2.05) is 0 Å². The summed E-state index contributed by atoms with van der Waals surface area (Å²) in [5, 5.41) is 23.3. The monoisotopic (exact) mass is 663 g/mol. The Morgan fingerprint density at radius 3 is 1.12 bits per heavy atom. The lowest BCUT2D eigenvalue weighted by molar-refractivity contribution is -0.0314. The molecule has 0 aliphatic carbocycles. The van der Waals surface area contributed by atoms with E-state index in [0.29, 0.717) is 35.4 Å². The van der Waals surface area contributed by atoms with Crippen molar-refractivity contribution in [3.63, 3.8) is 0 Å². The molecule has 4 nitrogen and oxygen atoms in total. The second kappa shape index (κ2) is 14.3. The second-order valence-corrected chi connectivity index (χ2v) is 20.0. The Hall–Kier alpha value is -2.04. The standard InChI is InChI=1S/C44H74N2O2/c1-27(2)37-38(28(3)4)46(24-34-30(6)22-36(40(48)32(34)8)44(17,18)26-42(12,13)14)20-19-45(37)23-33-29(5)21-35(39(47)31(33)7)43(15,16)25-41(9,10)11/h21-22,27-28,37-38,47-48H,19-20,23-26H2,1-18H3. The fourth-order valence-corrected chi connectivity index (χ4v) is 9.78. The number of hydrogen-bond donors (Lipinski definition) is 2. The van der Waals surface area contributed by atoms with Crippen LogP contribution in [0.3, 0.4) is 0 Å². The Labute approximate surface area is 296 Å². The molecule has 1 aliphatic rings. The van der Waals surface area contributed by atoms with Gasteiger partial charge in [0.2, 0.25) is 0 Å². The molecule has 1 fully saturated rings. The maximum atomic E-state index is 11.6. The predicted molar refractivity (Wildman–Crippen MR) is 207 cm³/mol. The molecule has 1 aliphatic heterocycles. The van der Waals surface area contributed by atoms with E-state index in [4.69, 9.17) is 0 Å². The Morgan fingerprint density at radius 1 is 0.583 bits per heavy atom. The lowest BCUT2D eigenvalue weighted by Gasteiger charge is -2.52. The van der Waals surface area contributed by atoms with Gasteiger partial charge in [-0.2, -0.15) is 0 Å². The van der Waals surface area contributed by atoms with Crippen LogP contribution in [-0.4, -0.2) is 45.2 Å². The van der Waals surface area contributed by atoms with Gasteiger partial charge in [-0.3, -0.25) is 9.80 Å². The van der Waals surface area contributed by atoms with E-state index in [2.05, 4.69) is 147 Å². The maximum Gasteiger partial charge on any atom is 0.122 e. The number of nitrogens with zero attached hydrogens (tertiary/aromatic N) is 2. The van der Waals surface area contributed by atoms with E-state index in [-0.39, 0.29) is 21.7 Å². The number of hydrogen-bond acceptors (Lipinski definition) is 4. The molecule has 0 saturated carbocycles. The van der Waals surface area contributed by atoms with Crippen molar-refractivity contribution in [3.8, 4) is 11.5 Å². The zero-order valence-corrected chi connectivity index (χ0v) is 34.5. The van der Waals surface area contributed by atoms with Crippen LogP contribution >= 0.6 is 0 Å². The van der Waals surface area contributed by atoms with Crippen LogP contribution in [0.4, 0.5) is 0 Å². The van der Waals surface area contributed by atoms with E-state index >= 15 is 0 Å². The molecule has 2 N–H and O–H groups in total. The molecular formula is C44H74N2O2. The molecule has 0 spiro atoms. The molecule has 1 heterocycles. The smallest absolute Gasteiger partial charge is 0.122 e. The van der Waals surface area contributed by atoms with Crippen LogP contribution in [0.15, 0.2) is 12.1 Å². The third-order valence-corrected chi connectivity index (χ3v) is 11.2. The summed E-state index contributed by atoms with van der Waals surface area (Å²) in [5.74, 6) is 1.89. The minimum absolute atomic E-state index is 0.115. The molecule has 272 valence electrons. The number of phenols is 2. The number of piperazine rings is 1. The average molecular weight is 663 g/mol. The van der Waals surface area contributed by atoms with Gasteiger partial charge in [0.05, 0.1) is 0 Å². The predicted octanol–water partition coefficient (Wildman–Crippen LogP) is 11.1. The molecule has 0 aromatic heterocycles. The average Bonchev–Trinajstić information content (AvgIpc) is 2.90. The SMILES string of the molecule is Cc1cc(C(C)(C)CC(C)(C)C)c(O)c(C)c1CN1CCN(Cc2c(C)cc(C(C)(C)CC(C)(C)C)c(O)c2C)C(C(C)C)C1C(C)C. The quantitative estimate of drug-likeness (QED) is 0.266. The van der Waals surface area contributed by atoms with Crippen LogP contribution in [0.5, 0.6) is 11.5 Å². The summed E-state index contributed by atoms with van der Waals surface area (Å²) in [6.45, 7) is 44.7. The molecule has 3 rings (SSSR count). The van der Waals surface area contributed by atoms with Gasteiger partial charge < -0.3 is 10.2 Å². The van der Waals surface area contributed by atoms with Gasteiger partial charge in [0.15, 0.2) is 0 Å². The third-order valence-electron chi connectivity index (χ3n) is 11.2. The number of aromatic hydroxyl groups is 2. The van der Waals surface area contributed by atoms with Gasteiger partial charge >= 0.3 is 0 Å². The summed E-state index contributed by atoms with van der Waals surface area (Å²) in [5.41, 5.74) is 9.45. The first-order valence-electron chi connectivity index (χ1n) is 18.8. The Morgan fingerprint density at radius 2 is 0.875 bits per heavy atom. The number of benzene rings is 2. The molecule has 0 amide bonds. The van der Waals surface area contributed by atoms with Crippen LogP contribution in [0, 0.1) is 50.4 Å². The summed E-state index contributed by atoms with van der Waals surface area (Å²) in [7, 11) is 0. The molecule has 2 aromatic rings. The number of phenolic OH excluding ortho intramolecular Hbond substituents is 2. The van der Waals surface area contributed by atoms with Crippen molar-refractivity contribution < 1.29 is 10.2 Å². The molecule has 1 saturated heterocycles. The highest BCUT2D eigenvalue weighted by Crippen LogP contribution is 2.45. The van der Waals surface area contributed by atoms with Gasteiger partial charge in [0.25, 0.3) is 0 Å². The zero-order valence-electron chi connectivity index (χ0n) is 34.5. The van der Waals surface area contributed by atoms with Crippen molar-refractivity contribution in [1.82, 2.24) is 9.80 Å². The van der Waals surface area contributed by atoms with E-state index in [1.165, 1.54) is 22.3 Å². The Balaban J connectivity index is 1.98. The Bertz CT molecular complexity index is 1320. The van der Waals surface area contributed by atoms with E-state index < -0.39 is 0 Å². The second-order valence-electron chi connectivity index (χ2n) is 20.0. The normalized spacial score (nSPS) is 19.2. The maximum absolute atomic E-state index is 11.6. The van der Waals surface area contributed by atoms with E-state index in [1.54, 1.807) is 0 Å². The van der Waals surface area contributed by atoms with Crippen LogP contribution in [0.25, 0.3) is 0 Å². The van der Waals surface area contributed by atoms with E-state index in [0.717, 1.165) is 61.3 Å². The zero-order chi connectivity index (χ0) is 36.9.